The fraction of sp³-hybridized carbons (Fsp3) is 0.455. The first-order valence-corrected chi connectivity index (χ1v) is 5.14. The van der Waals surface area contributed by atoms with E-state index in [0.29, 0.717) is 12.4 Å². The Morgan fingerprint density at radius 1 is 1.62 bits per heavy atom. The van der Waals surface area contributed by atoms with E-state index in [9.17, 15) is 4.79 Å². The van der Waals surface area contributed by atoms with E-state index in [2.05, 4.69) is 17.2 Å². The molecule has 1 fully saturated rings. The van der Waals surface area contributed by atoms with E-state index >= 15 is 0 Å². The molecule has 5 nitrogen and oxygen atoms in total. The topological polar surface area (TPSA) is 71.5 Å². The van der Waals surface area contributed by atoms with Crippen molar-refractivity contribution in [1.29, 1.82) is 0 Å². The zero-order valence-electron chi connectivity index (χ0n) is 9.06. The van der Waals surface area contributed by atoms with Crippen molar-refractivity contribution in [2.75, 3.05) is 18.5 Å². The lowest BCUT2D eigenvalue weighted by atomic mass is 10.0. The molecule has 1 aliphatic heterocycles. The van der Waals surface area contributed by atoms with Crippen LogP contribution in [0.2, 0.25) is 0 Å². The Morgan fingerprint density at radius 3 is 2.94 bits per heavy atom. The van der Waals surface area contributed by atoms with Crippen molar-refractivity contribution in [3.8, 4) is 0 Å². The van der Waals surface area contributed by atoms with Gasteiger partial charge in [0.25, 0.3) is 0 Å². The van der Waals surface area contributed by atoms with Crippen LogP contribution in [0.3, 0.4) is 0 Å². The van der Waals surface area contributed by atoms with Crippen LogP contribution >= 0.6 is 0 Å². The highest BCUT2D eigenvalue weighted by Gasteiger charge is 2.29. The van der Waals surface area contributed by atoms with Gasteiger partial charge in [0.15, 0.2) is 0 Å². The van der Waals surface area contributed by atoms with Gasteiger partial charge in [0.05, 0.1) is 17.7 Å². The largest absolute Gasteiger partial charge is 0.478 e. The van der Waals surface area contributed by atoms with Crippen molar-refractivity contribution in [3.05, 3.63) is 23.9 Å². The van der Waals surface area contributed by atoms with E-state index in [-0.39, 0.29) is 11.1 Å². The van der Waals surface area contributed by atoms with Gasteiger partial charge in [-0.3, -0.25) is 0 Å². The summed E-state index contributed by atoms with van der Waals surface area (Å²) in [6.45, 7) is 3.46. The second-order valence-corrected chi connectivity index (χ2v) is 4.23. The number of carbonyl (C=O) groups is 1. The van der Waals surface area contributed by atoms with Crippen LogP contribution in [-0.4, -0.2) is 34.8 Å². The Balaban J connectivity index is 2.07. The van der Waals surface area contributed by atoms with Gasteiger partial charge in [-0.15, -0.1) is 0 Å². The molecule has 2 rings (SSSR count). The second-order valence-electron chi connectivity index (χ2n) is 4.23. The molecule has 5 heteroatoms. The first-order chi connectivity index (χ1) is 7.59. The average Bonchev–Trinajstić information content (AvgIpc) is 2.65. The Hall–Kier alpha value is -1.62. The van der Waals surface area contributed by atoms with Crippen LogP contribution in [0.1, 0.15) is 23.7 Å². The van der Waals surface area contributed by atoms with E-state index in [4.69, 9.17) is 9.84 Å². The van der Waals surface area contributed by atoms with Crippen molar-refractivity contribution in [3.63, 3.8) is 0 Å². The van der Waals surface area contributed by atoms with E-state index < -0.39 is 5.97 Å². The zero-order valence-corrected chi connectivity index (χ0v) is 9.06. The molecule has 16 heavy (non-hydrogen) atoms. The molecule has 1 atom stereocenters. The smallest absolute Gasteiger partial charge is 0.337 e. The van der Waals surface area contributed by atoms with Crippen LogP contribution in [0, 0.1) is 0 Å². The van der Waals surface area contributed by atoms with Crippen molar-refractivity contribution >= 4 is 11.8 Å². The number of nitrogens with zero attached hydrogens (tertiary/aromatic N) is 1. The normalized spacial score (nSPS) is 24.3. The molecule has 0 saturated carbocycles. The summed E-state index contributed by atoms with van der Waals surface area (Å²) in [5, 5.41) is 12.0. The monoisotopic (exact) mass is 222 g/mol. The molecule has 1 aliphatic rings. The van der Waals surface area contributed by atoms with Crippen molar-refractivity contribution in [1.82, 2.24) is 4.98 Å². The summed E-state index contributed by atoms with van der Waals surface area (Å²) < 4.78 is 5.31. The molecule has 1 aromatic heterocycles. The van der Waals surface area contributed by atoms with Gasteiger partial charge in [-0.1, -0.05) is 0 Å². The van der Waals surface area contributed by atoms with Crippen LogP contribution in [-0.2, 0) is 4.74 Å². The molecule has 1 saturated heterocycles. The van der Waals surface area contributed by atoms with Gasteiger partial charge >= 0.3 is 5.97 Å². The zero-order chi connectivity index (χ0) is 11.6. The molecule has 0 bridgehead atoms. The highest BCUT2D eigenvalue weighted by Crippen LogP contribution is 2.22. The SMILES string of the molecule is CC1(Nc2ccc(C(=O)O)cn2)CCOC1. The first kappa shape index (κ1) is 10.9. The predicted octanol–water partition coefficient (Wildman–Crippen LogP) is 1.37. The van der Waals surface area contributed by atoms with Crippen molar-refractivity contribution in [2.24, 2.45) is 0 Å². The number of hydrogen-bond donors (Lipinski definition) is 2. The van der Waals surface area contributed by atoms with Crippen LogP contribution in [0.25, 0.3) is 0 Å². The standard InChI is InChI=1S/C11H14N2O3/c1-11(4-5-16-7-11)13-9-3-2-8(6-12-9)10(14)15/h2-3,6H,4-5,7H2,1H3,(H,12,13)(H,14,15). The van der Waals surface area contributed by atoms with Gasteiger partial charge in [0.2, 0.25) is 0 Å². The Morgan fingerprint density at radius 2 is 2.44 bits per heavy atom. The molecule has 86 valence electrons. The number of pyridine rings is 1. The molecular weight excluding hydrogens is 208 g/mol. The summed E-state index contributed by atoms with van der Waals surface area (Å²) in [6, 6.07) is 3.21. The van der Waals surface area contributed by atoms with E-state index in [0.717, 1.165) is 13.0 Å². The number of aromatic carboxylic acids is 1. The van der Waals surface area contributed by atoms with E-state index in [1.807, 2.05) is 0 Å². The number of carboxylic acid groups (broad SMARTS) is 1. The fourth-order valence-electron chi connectivity index (χ4n) is 1.67. The third-order valence-electron chi connectivity index (χ3n) is 2.66. The number of ether oxygens (including phenoxy) is 1. The quantitative estimate of drug-likeness (QED) is 0.808. The summed E-state index contributed by atoms with van der Waals surface area (Å²) in [4.78, 5) is 14.7. The van der Waals surface area contributed by atoms with Gasteiger partial charge < -0.3 is 15.2 Å². The summed E-state index contributed by atoms with van der Waals surface area (Å²) in [6.07, 6.45) is 2.28. The molecule has 1 unspecified atom stereocenters. The third-order valence-corrected chi connectivity index (χ3v) is 2.66. The van der Waals surface area contributed by atoms with Gasteiger partial charge in [0, 0.05) is 12.8 Å². The summed E-state index contributed by atoms with van der Waals surface area (Å²) in [5.41, 5.74) is 0.0935. The average molecular weight is 222 g/mol. The molecule has 2 N–H and O–H groups in total. The Bertz CT molecular complexity index is 383. The van der Waals surface area contributed by atoms with Crippen LogP contribution < -0.4 is 5.32 Å². The minimum Gasteiger partial charge on any atom is -0.478 e. The number of hydrogen-bond acceptors (Lipinski definition) is 4. The molecular formula is C11H14N2O3. The summed E-state index contributed by atoms with van der Waals surface area (Å²) in [5.74, 6) is -0.285. The van der Waals surface area contributed by atoms with E-state index in [1.54, 1.807) is 6.07 Å². The molecule has 0 radical (unpaired) electrons. The summed E-state index contributed by atoms with van der Waals surface area (Å²) in [7, 11) is 0. The van der Waals surface area contributed by atoms with Crippen LogP contribution in [0.4, 0.5) is 5.82 Å². The Kier molecular flexibility index (Phi) is 2.78. The number of carboxylic acids is 1. The molecule has 0 aromatic carbocycles. The van der Waals surface area contributed by atoms with Crippen molar-refractivity contribution < 1.29 is 14.6 Å². The maximum Gasteiger partial charge on any atom is 0.337 e. The maximum absolute atomic E-state index is 10.6. The second kappa shape index (κ2) is 4.09. The number of rotatable bonds is 3. The van der Waals surface area contributed by atoms with Gasteiger partial charge in [0.1, 0.15) is 5.82 Å². The highest BCUT2D eigenvalue weighted by atomic mass is 16.5. The van der Waals surface area contributed by atoms with E-state index in [1.165, 1.54) is 12.3 Å². The molecule has 0 aliphatic carbocycles. The molecule has 1 aromatic rings. The number of anilines is 1. The van der Waals surface area contributed by atoms with Gasteiger partial charge in [-0.25, -0.2) is 9.78 Å². The number of nitrogens with one attached hydrogen (secondary N) is 1. The minimum absolute atomic E-state index is 0.0995. The lowest BCUT2D eigenvalue weighted by molar-refractivity contribution is 0.0696. The lowest BCUT2D eigenvalue weighted by Gasteiger charge is -2.24. The fourth-order valence-corrected chi connectivity index (χ4v) is 1.67. The molecule has 2 heterocycles. The molecule has 0 amide bonds. The first-order valence-electron chi connectivity index (χ1n) is 5.14. The minimum atomic E-state index is -0.963. The van der Waals surface area contributed by atoms with Crippen molar-refractivity contribution in [2.45, 2.75) is 18.9 Å². The van der Waals surface area contributed by atoms with Crippen LogP contribution in [0.15, 0.2) is 18.3 Å². The van der Waals surface area contributed by atoms with Gasteiger partial charge in [-0.05, 0) is 25.5 Å². The predicted molar refractivity (Wildman–Crippen MR) is 58.7 cm³/mol. The Labute approximate surface area is 93.5 Å². The third kappa shape index (κ3) is 2.30. The highest BCUT2D eigenvalue weighted by molar-refractivity contribution is 5.87. The number of aromatic nitrogens is 1. The maximum atomic E-state index is 10.6. The lowest BCUT2D eigenvalue weighted by Crippen LogP contribution is -2.35. The van der Waals surface area contributed by atoms with Crippen LogP contribution in [0.5, 0.6) is 0 Å². The van der Waals surface area contributed by atoms with Gasteiger partial charge in [-0.2, -0.15) is 0 Å². The molecule has 0 spiro atoms. The summed E-state index contributed by atoms with van der Waals surface area (Å²) >= 11 is 0.